The van der Waals surface area contributed by atoms with Crippen LogP contribution < -0.4 is 14.8 Å². The second-order valence-corrected chi connectivity index (χ2v) is 4.83. The molecule has 0 aromatic heterocycles. The molecule has 0 fully saturated rings. The van der Waals surface area contributed by atoms with Crippen LogP contribution in [0.2, 0.25) is 0 Å². The van der Waals surface area contributed by atoms with E-state index in [0.717, 1.165) is 5.75 Å². The SMILES string of the molecule is C/C=C/CC(=O)Nc1ccccc1OCCOc1ccccc1. The van der Waals surface area contributed by atoms with Crippen molar-refractivity contribution < 1.29 is 14.3 Å². The average molecular weight is 311 g/mol. The van der Waals surface area contributed by atoms with Gasteiger partial charge < -0.3 is 14.8 Å². The lowest BCUT2D eigenvalue weighted by Crippen LogP contribution is -2.13. The number of amides is 1. The Labute approximate surface area is 136 Å². The highest BCUT2D eigenvalue weighted by Crippen LogP contribution is 2.23. The summed E-state index contributed by atoms with van der Waals surface area (Å²) >= 11 is 0. The summed E-state index contributed by atoms with van der Waals surface area (Å²) in [6.07, 6.45) is 4.01. The molecule has 2 aromatic rings. The molecular weight excluding hydrogens is 290 g/mol. The molecule has 0 bridgehead atoms. The van der Waals surface area contributed by atoms with Gasteiger partial charge in [0.2, 0.25) is 5.91 Å². The molecule has 120 valence electrons. The molecule has 0 aliphatic rings. The van der Waals surface area contributed by atoms with E-state index in [0.29, 0.717) is 31.1 Å². The number of hydrogen-bond acceptors (Lipinski definition) is 3. The first-order valence-corrected chi connectivity index (χ1v) is 7.60. The molecular formula is C19H21NO3. The fourth-order valence-electron chi connectivity index (χ4n) is 1.95. The molecule has 0 heterocycles. The lowest BCUT2D eigenvalue weighted by atomic mass is 10.2. The summed E-state index contributed by atoms with van der Waals surface area (Å²) in [5.74, 6) is 1.38. The van der Waals surface area contributed by atoms with Crippen LogP contribution >= 0.6 is 0 Å². The third kappa shape index (κ3) is 5.87. The maximum Gasteiger partial charge on any atom is 0.228 e. The van der Waals surface area contributed by atoms with Gasteiger partial charge in [-0.15, -0.1) is 0 Å². The maximum atomic E-state index is 11.8. The number of para-hydroxylation sites is 3. The molecule has 1 N–H and O–H groups in total. The van der Waals surface area contributed by atoms with Crippen LogP contribution in [0.25, 0.3) is 0 Å². The summed E-state index contributed by atoms with van der Waals surface area (Å²) in [6, 6.07) is 17.0. The van der Waals surface area contributed by atoms with Gasteiger partial charge in [0.1, 0.15) is 24.7 Å². The molecule has 4 heteroatoms. The van der Waals surface area contributed by atoms with Gasteiger partial charge in [-0.05, 0) is 31.2 Å². The molecule has 2 rings (SSSR count). The number of benzene rings is 2. The van der Waals surface area contributed by atoms with Crippen molar-refractivity contribution in [3.8, 4) is 11.5 Å². The van der Waals surface area contributed by atoms with Crippen molar-refractivity contribution >= 4 is 11.6 Å². The zero-order valence-corrected chi connectivity index (χ0v) is 13.2. The van der Waals surface area contributed by atoms with E-state index in [-0.39, 0.29) is 5.91 Å². The van der Waals surface area contributed by atoms with Gasteiger partial charge in [0.05, 0.1) is 5.69 Å². The third-order valence-corrected chi connectivity index (χ3v) is 3.05. The molecule has 0 atom stereocenters. The topological polar surface area (TPSA) is 47.6 Å². The summed E-state index contributed by atoms with van der Waals surface area (Å²) in [5, 5.41) is 2.85. The van der Waals surface area contributed by atoms with Crippen LogP contribution in [-0.2, 0) is 4.79 Å². The average Bonchev–Trinajstić information content (AvgIpc) is 2.59. The van der Waals surface area contributed by atoms with Crippen LogP contribution in [0, 0.1) is 0 Å². The maximum absolute atomic E-state index is 11.8. The highest BCUT2D eigenvalue weighted by molar-refractivity contribution is 5.93. The number of rotatable bonds is 8. The van der Waals surface area contributed by atoms with Gasteiger partial charge in [-0.3, -0.25) is 4.79 Å². The van der Waals surface area contributed by atoms with E-state index in [1.54, 1.807) is 0 Å². The number of hydrogen-bond donors (Lipinski definition) is 1. The van der Waals surface area contributed by atoms with Crippen molar-refractivity contribution in [2.75, 3.05) is 18.5 Å². The predicted molar refractivity (Wildman–Crippen MR) is 91.9 cm³/mol. The van der Waals surface area contributed by atoms with Crippen LogP contribution in [0.4, 0.5) is 5.69 Å². The quantitative estimate of drug-likeness (QED) is 0.591. The predicted octanol–water partition coefficient (Wildman–Crippen LogP) is 4.05. The van der Waals surface area contributed by atoms with E-state index >= 15 is 0 Å². The van der Waals surface area contributed by atoms with Gasteiger partial charge in [-0.2, -0.15) is 0 Å². The van der Waals surface area contributed by atoms with Crippen molar-refractivity contribution in [3.63, 3.8) is 0 Å². The van der Waals surface area contributed by atoms with Gasteiger partial charge >= 0.3 is 0 Å². The molecule has 0 saturated heterocycles. The van der Waals surface area contributed by atoms with Gasteiger partial charge in [0.15, 0.2) is 0 Å². The Hall–Kier alpha value is -2.75. The standard InChI is InChI=1S/C19H21NO3/c1-2-3-13-19(21)20-17-11-7-8-12-18(17)23-15-14-22-16-9-5-4-6-10-16/h2-12H,13-15H2,1H3,(H,20,21)/b3-2+. The van der Waals surface area contributed by atoms with E-state index in [1.165, 1.54) is 0 Å². The zero-order chi connectivity index (χ0) is 16.3. The molecule has 2 aromatic carbocycles. The highest BCUT2D eigenvalue weighted by Gasteiger charge is 2.06. The second kappa shape index (κ2) is 9.30. The Morgan fingerprint density at radius 3 is 2.48 bits per heavy atom. The number of allylic oxidation sites excluding steroid dienone is 1. The highest BCUT2D eigenvalue weighted by atomic mass is 16.5. The van der Waals surface area contributed by atoms with E-state index in [4.69, 9.17) is 9.47 Å². The zero-order valence-electron chi connectivity index (χ0n) is 13.2. The molecule has 0 aliphatic heterocycles. The lowest BCUT2D eigenvalue weighted by molar-refractivity contribution is -0.115. The number of anilines is 1. The first-order chi connectivity index (χ1) is 11.3. The second-order valence-electron chi connectivity index (χ2n) is 4.83. The molecule has 4 nitrogen and oxygen atoms in total. The van der Waals surface area contributed by atoms with Crippen molar-refractivity contribution in [3.05, 3.63) is 66.7 Å². The third-order valence-electron chi connectivity index (χ3n) is 3.05. The number of carbonyl (C=O) groups excluding carboxylic acids is 1. The van der Waals surface area contributed by atoms with Gasteiger partial charge in [0.25, 0.3) is 0 Å². The Morgan fingerprint density at radius 1 is 1.00 bits per heavy atom. The van der Waals surface area contributed by atoms with Crippen LogP contribution in [-0.4, -0.2) is 19.1 Å². The molecule has 0 radical (unpaired) electrons. The minimum atomic E-state index is -0.0697. The fraction of sp³-hybridized carbons (Fsp3) is 0.211. The Kier molecular flexibility index (Phi) is 6.72. The summed E-state index contributed by atoms with van der Waals surface area (Å²) in [4.78, 5) is 11.8. The van der Waals surface area contributed by atoms with Crippen molar-refractivity contribution in [2.24, 2.45) is 0 Å². The fourth-order valence-corrected chi connectivity index (χ4v) is 1.95. The van der Waals surface area contributed by atoms with E-state index in [1.807, 2.05) is 73.7 Å². The molecule has 0 aliphatic carbocycles. The van der Waals surface area contributed by atoms with Gasteiger partial charge in [-0.1, -0.05) is 42.5 Å². The summed E-state index contributed by atoms with van der Waals surface area (Å²) < 4.78 is 11.3. The summed E-state index contributed by atoms with van der Waals surface area (Å²) in [6.45, 7) is 2.72. The van der Waals surface area contributed by atoms with Gasteiger partial charge in [0, 0.05) is 6.42 Å². The van der Waals surface area contributed by atoms with Crippen LogP contribution in [0.5, 0.6) is 11.5 Å². The normalized spacial score (nSPS) is 10.5. The minimum Gasteiger partial charge on any atom is -0.490 e. The smallest absolute Gasteiger partial charge is 0.228 e. The number of nitrogens with one attached hydrogen (secondary N) is 1. The van der Waals surface area contributed by atoms with Crippen LogP contribution in [0.3, 0.4) is 0 Å². The Morgan fingerprint density at radius 2 is 1.70 bits per heavy atom. The van der Waals surface area contributed by atoms with Crippen molar-refractivity contribution in [2.45, 2.75) is 13.3 Å². The first kappa shape index (κ1) is 16.6. The van der Waals surface area contributed by atoms with E-state index < -0.39 is 0 Å². The molecule has 0 spiro atoms. The monoisotopic (exact) mass is 311 g/mol. The van der Waals surface area contributed by atoms with E-state index in [9.17, 15) is 4.79 Å². The van der Waals surface area contributed by atoms with Gasteiger partial charge in [-0.25, -0.2) is 0 Å². The van der Waals surface area contributed by atoms with E-state index in [2.05, 4.69) is 5.32 Å². The number of ether oxygens (including phenoxy) is 2. The Bertz CT molecular complexity index is 638. The summed E-state index contributed by atoms with van der Waals surface area (Å²) in [5.41, 5.74) is 0.668. The summed E-state index contributed by atoms with van der Waals surface area (Å²) in [7, 11) is 0. The first-order valence-electron chi connectivity index (χ1n) is 7.60. The molecule has 1 amide bonds. The lowest BCUT2D eigenvalue weighted by Gasteiger charge is -2.12. The van der Waals surface area contributed by atoms with Crippen LogP contribution in [0.1, 0.15) is 13.3 Å². The molecule has 0 saturated carbocycles. The van der Waals surface area contributed by atoms with Crippen molar-refractivity contribution in [1.29, 1.82) is 0 Å². The largest absolute Gasteiger partial charge is 0.490 e. The Balaban J connectivity index is 1.84. The molecule has 23 heavy (non-hydrogen) atoms. The molecule has 0 unspecified atom stereocenters. The van der Waals surface area contributed by atoms with Crippen LogP contribution in [0.15, 0.2) is 66.7 Å². The minimum absolute atomic E-state index is 0.0697. The van der Waals surface area contributed by atoms with Crippen molar-refractivity contribution in [1.82, 2.24) is 0 Å². The number of carbonyl (C=O) groups is 1.